The first-order valence-electron chi connectivity index (χ1n) is 6.92. The molecule has 0 radical (unpaired) electrons. The average molecular weight is 347 g/mol. The smallest absolute Gasteiger partial charge is 0.234 e. The molecule has 2 N–H and O–H groups in total. The van der Waals surface area contributed by atoms with Crippen molar-refractivity contribution in [3.63, 3.8) is 0 Å². The van der Waals surface area contributed by atoms with Crippen molar-refractivity contribution in [2.24, 2.45) is 0 Å². The van der Waals surface area contributed by atoms with Gasteiger partial charge >= 0.3 is 0 Å². The van der Waals surface area contributed by atoms with Gasteiger partial charge in [0, 0.05) is 11.5 Å². The van der Waals surface area contributed by atoms with E-state index < -0.39 is 0 Å². The third-order valence-electron chi connectivity index (χ3n) is 3.59. The molecule has 2 rings (SSSR count). The number of hydrogen-bond acceptors (Lipinski definition) is 2. The van der Waals surface area contributed by atoms with Crippen LogP contribution in [0.2, 0.25) is 0 Å². The van der Waals surface area contributed by atoms with Gasteiger partial charge in [-0.05, 0) is 30.2 Å². The Morgan fingerprint density at radius 1 is 1.24 bits per heavy atom. The van der Waals surface area contributed by atoms with E-state index in [0.717, 1.165) is 22.1 Å². The second kappa shape index (κ2) is 6.76. The predicted octanol–water partition coefficient (Wildman–Crippen LogP) is 4.19. The predicted molar refractivity (Wildman–Crippen MR) is 91.4 cm³/mol. The number of amides is 1. The molecule has 0 saturated carbocycles. The van der Waals surface area contributed by atoms with Gasteiger partial charge < -0.3 is 10.6 Å². The Labute approximate surface area is 133 Å². The summed E-state index contributed by atoms with van der Waals surface area (Å²) in [4.78, 5) is 14.4. The summed E-state index contributed by atoms with van der Waals surface area (Å²) in [5, 5.41) is 0. The maximum Gasteiger partial charge on any atom is 0.234 e. The van der Waals surface area contributed by atoms with Gasteiger partial charge in [0.1, 0.15) is 0 Å². The Bertz CT molecular complexity index is 628. The minimum absolute atomic E-state index is 0.0534. The summed E-state index contributed by atoms with van der Waals surface area (Å²) in [7, 11) is 1.77. The molecule has 110 valence electrons. The van der Waals surface area contributed by atoms with Gasteiger partial charge in [-0.3, -0.25) is 4.79 Å². The summed E-state index contributed by atoms with van der Waals surface area (Å²) in [6.07, 6.45) is 0.754. The van der Waals surface area contributed by atoms with Crippen molar-refractivity contribution in [1.29, 1.82) is 0 Å². The number of rotatable bonds is 4. The molecule has 4 heteroatoms. The summed E-state index contributed by atoms with van der Waals surface area (Å²) in [5.74, 6) is -0.100. The van der Waals surface area contributed by atoms with Crippen molar-refractivity contribution in [2.75, 3.05) is 17.7 Å². The fourth-order valence-corrected chi connectivity index (χ4v) is 2.80. The lowest BCUT2D eigenvalue weighted by Gasteiger charge is -2.24. The number of hydrogen-bond donors (Lipinski definition) is 1. The van der Waals surface area contributed by atoms with Crippen LogP contribution in [0.1, 0.15) is 24.8 Å². The van der Waals surface area contributed by atoms with Crippen LogP contribution in [0.25, 0.3) is 0 Å². The molecule has 0 bridgehead atoms. The zero-order valence-corrected chi connectivity index (χ0v) is 13.8. The van der Waals surface area contributed by atoms with Gasteiger partial charge in [0.05, 0.1) is 17.3 Å². The molecule has 1 unspecified atom stereocenters. The highest BCUT2D eigenvalue weighted by molar-refractivity contribution is 9.10. The number of benzene rings is 2. The summed E-state index contributed by atoms with van der Waals surface area (Å²) in [6, 6.07) is 15.4. The second-order valence-electron chi connectivity index (χ2n) is 4.97. The molecule has 0 saturated heterocycles. The van der Waals surface area contributed by atoms with Crippen LogP contribution in [0, 0.1) is 0 Å². The fourth-order valence-electron chi connectivity index (χ4n) is 2.42. The van der Waals surface area contributed by atoms with Gasteiger partial charge in [-0.2, -0.15) is 0 Å². The van der Waals surface area contributed by atoms with Gasteiger partial charge in [0.2, 0.25) is 5.91 Å². The van der Waals surface area contributed by atoms with Gasteiger partial charge in [-0.15, -0.1) is 0 Å². The van der Waals surface area contributed by atoms with Gasteiger partial charge in [-0.25, -0.2) is 0 Å². The molecular formula is C17H19BrN2O. The highest BCUT2D eigenvalue weighted by Gasteiger charge is 2.23. The summed E-state index contributed by atoms with van der Waals surface area (Å²) in [5.41, 5.74) is 8.37. The average Bonchev–Trinajstić information content (AvgIpc) is 2.48. The molecule has 0 heterocycles. The number of anilines is 2. The van der Waals surface area contributed by atoms with E-state index in [1.54, 1.807) is 11.9 Å². The van der Waals surface area contributed by atoms with E-state index in [2.05, 4.69) is 15.9 Å². The Kier molecular flexibility index (Phi) is 5.02. The summed E-state index contributed by atoms with van der Waals surface area (Å²) < 4.78 is 0.902. The molecule has 0 aliphatic heterocycles. The molecule has 1 amide bonds. The van der Waals surface area contributed by atoms with Crippen LogP contribution >= 0.6 is 15.9 Å². The van der Waals surface area contributed by atoms with E-state index in [4.69, 9.17) is 5.73 Å². The maximum absolute atomic E-state index is 12.8. The van der Waals surface area contributed by atoms with Crippen molar-refractivity contribution in [1.82, 2.24) is 0 Å². The topological polar surface area (TPSA) is 46.3 Å². The van der Waals surface area contributed by atoms with Crippen LogP contribution in [-0.4, -0.2) is 13.0 Å². The lowest BCUT2D eigenvalue weighted by Crippen LogP contribution is -2.32. The van der Waals surface area contributed by atoms with Crippen molar-refractivity contribution >= 4 is 33.2 Å². The number of likely N-dealkylation sites (N-methyl/N-ethyl adjacent to an activating group) is 1. The molecule has 2 aromatic carbocycles. The normalized spacial score (nSPS) is 12.0. The SMILES string of the molecule is CCC(C(=O)N(C)c1ccc(Br)cc1N)c1ccccc1. The molecule has 0 aromatic heterocycles. The first-order chi connectivity index (χ1) is 10.0. The highest BCUT2D eigenvalue weighted by atomic mass is 79.9. The van der Waals surface area contributed by atoms with Gasteiger partial charge in [0.25, 0.3) is 0 Å². The zero-order chi connectivity index (χ0) is 15.4. The van der Waals surface area contributed by atoms with Crippen LogP contribution in [0.3, 0.4) is 0 Å². The molecule has 0 aliphatic carbocycles. The van der Waals surface area contributed by atoms with E-state index in [-0.39, 0.29) is 11.8 Å². The monoisotopic (exact) mass is 346 g/mol. The third kappa shape index (κ3) is 3.45. The number of carbonyl (C=O) groups is 1. The van der Waals surface area contributed by atoms with E-state index in [1.807, 2.05) is 55.5 Å². The van der Waals surface area contributed by atoms with Gasteiger partial charge in [0.15, 0.2) is 0 Å². The Morgan fingerprint density at radius 2 is 1.90 bits per heavy atom. The zero-order valence-electron chi connectivity index (χ0n) is 12.2. The first-order valence-corrected chi connectivity index (χ1v) is 7.71. The molecular weight excluding hydrogens is 328 g/mol. The van der Waals surface area contributed by atoms with E-state index >= 15 is 0 Å². The molecule has 0 aliphatic rings. The Balaban J connectivity index is 2.29. The molecule has 1 atom stereocenters. The molecule has 0 spiro atoms. The van der Waals surface area contributed by atoms with Crippen LogP contribution in [0.15, 0.2) is 53.0 Å². The number of nitrogens with zero attached hydrogens (tertiary/aromatic N) is 1. The first kappa shape index (κ1) is 15.6. The lowest BCUT2D eigenvalue weighted by atomic mass is 9.95. The van der Waals surface area contributed by atoms with E-state index in [0.29, 0.717) is 5.69 Å². The molecule has 2 aromatic rings. The lowest BCUT2D eigenvalue weighted by molar-refractivity contribution is -0.119. The minimum atomic E-state index is -0.153. The Hall–Kier alpha value is -1.81. The number of nitrogen functional groups attached to an aromatic ring is 1. The number of nitrogens with two attached hydrogens (primary N) is 1. The van der Waals surface area contributed by atoms with Crippen molar-refractivity contribution < 1.29 is 4.79 Å². The van der Waals surface area contributed by atoms with Crippen molar-refractivity contribution in [2.45, 2.75) is 19.3 Å². The van der Waals surface area contributed by atoms with Crippen molar-refractivity contribution in [3.05, 3.63) is 58.6 Å². The third-order valence-corrected chi connectivity index (χ3v) is 4.08. The summed E-state index contributed by atoms with van der Waals surface area (Å²) in [6.45, 7) is 2.02. The molecule has 21 heavy (non-hydrogen) atoms. The number of carbonyl (C=O) groups excluding carboxylic acids is 1. The highest BCUT2D eigenvalue weighted by Crippen LogP contribution is 2.29. The standard InChI is InChI=1S/C17H19BrN2O/c1-3-14(12-7-5-4-6-8-12)17(21)20(2)16-10-9-13(18)11-15(16)19/h4-11,14H,3,19H2,1-2H3. The van der Waals surface area contributed by atoms with Crippen LogP contribution < -0.4 is 10.6 Å². The Morgan fingerprint density at radius 3 is 2.48 bits per heavy atom. The summed E-state index contributed by atoms with van der Waals surface area (Å²) >= 11 is 3.38. The quantitative estimate of drug-likeness (QED) is 0.843. The van der Waals surface area contributed by atoms with E-state index in [1.165, 1.54) is 0 Å². The maximum atomic E-state index is 12.8. The van der Waals surface area contributed by atoms with Crippen LogP contribution in [0.5, 0.6) is 0 Å². The largest absolute Gasteiger partial charge is 0.397 e. The second-order valence-corrected chi connectivity index (χ2v) is 5.89. The van der Waals surface area contributed by atoms with Crippen LogP contribution in [0.4, 0.5) is 11.4 Å². The van der Waals surface area contributed by atoms with E-state index in [9.17, 15) is 4.79 Å². The minimum Gasteiger partial charge on any atom is -0.397 e. The van der Waals surface area contributed by atoms with Crippen molar-refractivity contribution in [3.8, 4) is 0 Å². The fraction of sp³-hybridized carbons (Fsp3) is 0.235. The molecule has 0 fully saturated rings. The van der Waals surface area contributed by atoms with Crippen LogP contribution in [-0.2, 0) is 4.79 Å². The van der Waals surface area contributed by atoms with Gasteiger partial charge in [-0.1, -0.05) is 53.2 Å². The molecule has 3 nitrogen and oxygen atoms in total. The number of halogens is 1.